The second-order valence-corrected chi connectivity index (χ2v) is 5.18. The Morgan fingerprint density at radius 1 is 1.25 bits per heavy atom. The highest BCUT2D eigenvalue weighted by Crippen LogP contribution is 2.32. The van der Waals surface area contributed by atoms with Crippen molar-refractivity contribution >= 4 is 0 Å². The number of hydrogen-bond donors (Lipinski definition) is 1. The van der Waals surface area contributed by atoms with Crippen LogP contribution >= 0.6 is 0 Å². The smallest absolute Gasteiger partial charge is 0.161 e. The van der Waals surface area contributed by atoms with Crippen LogP contribution in [0.1, 0.15) is 38.3 Å². The van der Waals surface area contributed by atoms with E-state index in [1.54, 1.807) is 0 Å². The van der Waals surface area contributed by atoms with E-state index in [4.69, 9.17) is 14.2 Å². The summed E-state index contributed by atoms with van der Waals surface area (Å²) < 4.78 is 17.1. The van der Waals surface area contributed by atoms with Gasteiger partial charge in [-0.1, -0.05) is 19.4 Å². The van der Waals surface area contributed by atoms with Gasteiger partial charge in [0.05, 0.1) is 18.8 Å². The van der Waals surface area contributed by atoms with Crippen LogP contribution in [0.15, 0.2) is 18.2 Å². The lowest BCUT2D eigenvalue weighted by Crippen LogP contribution is -2.24. The summed E-state index contributed by atoms with van der Waals surface area (Å²) in [5, 5.41) is 3.30. The molecule has 1 aliphatic rings. The average molecular weight is 279 g/mol. The minimum Gasteiger partial charge on any atom is -0.486 e. The van der Waals surface area contributed by atoms with E-state index in [0.717, 1.165) is 24.3 Å². The zero-order valence-corrected chi connectivity index (χ0v) is 12.6. The largest absolute Gasteiger partial charge is 0.486 e. The molecule has 2 atom stereocenters. The SMILES string of the molecule is CCCC(C)OCC(NC)c1ccc2c(c1)OCCO2. The number of likely N-dealkylation sites (N-methyl/N-ethyl adjacent to an activating group) is 1. The van der Waals surface area contributed by atoms with Gasteiger partial charge in [-0.15, -0.1) is 0 Å². The lowest BCUT2D eigenvalue weighted by Gasteiger charge is -2.23. The second kappa shape index (κ2) is 7.50. The molecule has 0 radical (unpaired) electrons. The maximum atomic E-state index is 5.90. The van der Waals surface area contributed by atoms with E-state index in [-0.39, 0.29) is 6.04 Å². The van der Waals surface area contributed by atoms with E-state index in [2.05, 4.69) is 25.2 Å². The topological polar surface area (TPSA) is 39.7 Å². The maximum Gasteiger partial charge on any atom is 0.161 e. The minimum atomic E-state index is 0.171. The molecule has 1 aliphatic heterocycles. The van der Waals surface area contributed by atoms with Crippen LogP contribution in [0.3, 0.4) is 0 Å². The first-order valence-corrected chi connectivity index (χ1v) is 7.43. The third-order valence-electron chi connectivity index (χ3n) is 3.56. The van der Waals surface area contributed by atoms with Crippen molar-refractivity contribution in [3.8, 4) is 11.5 Å². The van der Waals surface area contributed by atoms with Crippen LogP contribution < -0.4 is 14.8 Å². The monoisotopic (exact) mass is 279 g/mol. The number of ether oxygens (including phenoxy) is 3. The van der Waals surface area contributed by atoms with E-state index in [1.807, 2.05) is 19.2 Å². The van der Waals surface area contributed by atoms with Gasteiger partial charge < -0.3 is 19.5 Å². The molecule has 4 nitrogen and oxygen atoms in total. The number of hydrogen-bond acceptors (Lipinski definition) is 4. The molecular weight excluding hydrogens is 254 g/mol. The molecule has 1 aromatic carbocycles. The van der Waals surface area contributed by atoms with Crippen molar-refractivity contribution in [1.29, 1.82) is 0 Å². The Labute approximate surface area is 121 Å². The standard InChI is InChI=1S/C16H25NO3/c1-4-5-12(2)20-11-14(17-3)13-6-7-15-16(10-13)19-9-8-18-15/h6-7,10,12,14,17H,4-5,8-9,11H2,1-3H3. The highest BCUT2D eigenvalue weighted by molar-refractivity contribution is 5.44. The van der Waals surface area contributed by atoms with Gasteiger partial charge in [-0.25, -0.2) is 0 Å². The zero-order chi connectivity index (χ0) is 14.4. The molecule has 2 rings (SSSR count). The third kappa shape index (κ3) is 3.87. The third-order valence-corrected chi connectivity index (χ3v) is 3.56. The molecule has 20 heavy (non-hydrogen) atoms. The van der Waals surface area contributed by atoms with Crippen molar-refractivity contribution in [3.05, 3.63) is 23.8 Å². The fourth-order valence-corrected chi connectivity index (χ4v) is 2.37. The Bertz CT molecular complexity index is 422. The van der Waals surface area contributed by atoms with Crippen LogP contribution in [0.5, 0.6) is 11.5 Å². The Hall–Kier alpha value is -1.26. The Morgan fingerprint density at radius 2 is 2.00 bits per heavy atom. The zero-order valence-electron chi connectivity index (χ0n) is 12.6. The quantitative estimate of drug-likeness (QED) is 0.833. The van der Waals surface area contributed by atoms with Crippen molar-refractivity contribution in [3.63, 3.8) is 0 Å². The number of nitrogens with one attached hydrogen (secondary N) is 1. The molecular formula is C16H25NO3. The lowest BCUT2D eigenvalue weighted by atomic mass is 10.1. The summed E-state index contributed by atoms with van der Waals surface area (Å²) in [4.78, 5) is 0. The molecule has 4 heteroatoms. The molecule has 1 heterocycles. The van der Waals surface area contributed by atoms with Crippen LogP contribution in [-0.2, 0) is 4.74 Å². The summed E-state index contributed by atoms with van der Waals surface area (Å²) in [6.07, 6.45) is 2.54. The van der Waals surface area contributed by atoms with E-state index >= 15 is 0 Å². The average Bonchev–Trinajstić information content (AvgIpc) is 2.48. The normalized spacial score (nSPS) is 16.8. The van der Waals surface area contributed by atoms with Crippen LogP contribution in [0.25, 0.3) is 0 Å². The maximum absolute atomic E-state index is 5.90. The van der Waals surface area contributed by atoms with Gasteiger partial charge >= 0.3 is 0 Å². The van der Waals surface area contributed by atoms with E-state index in [9.17, 15) is 0 Å². The highest BCUT2D eigenvalue weighted by atomic mass is 16.6. The molecule has 0 saturated carbocycles. The van der Waals surface area contributed by atoms with Crippen molar-refractivity contribution in [2.24, 2.45) is 0 Å². The molecule has 0 bridgehead atoms. The van der Waals surface area contributed by atoms with Gasteiger partial charge in [-0.05, 0) is 38.1 Å². The summed E-state index contributed by atoms with van der Waals surface area (Å²) in [7, 11) is 1.95. The van der Waals surface area contributed by atoms with Crippen molar-refractivity contribution < 1.29 is 14.2 Å². The lowest BCUT2D eigenvalue weighted by molar-refractivity contribution is 0.0452. The molecule has 0 fully saturated rings. The molecule has 0 aromatic heterocycles. The highest BCUT2D eigenvalue weighted by Gasteiger charge is 2.16. The predicted octanol–water partition coefficient (Wildman–Crippen LogP) is 2.92. The van der Waals surface area contributed by atoms with E-state index < -0.39 is 0 Å². The van der Waals surface area contributed by atoms with Crippen LogP contribution in [0.4, 0.5) is 0 Å². The molecule has 0 spiro atoms. The molecule has 2 unspecified atom stereocenters. The van der Waals surface area contributed by atoms with Gasteiger partial charge in [-0.3, -0.25) is 0 Å². The number of benzene rings is 1. The molecule has 0 saturated heterocycles. The van der Waals surface area contributed by atoms with Gasteiger partial charge in [-0.2, -0.15) is 0 Å². The minimum absolute atomic E-state index is 0.171. The Morgan fingerprint density at radius 3 is 2.70 bits per heavy atom. The molecule has 112 valence electrons. The fraction of sp³-hybridized carbons (Fsp3) is 0.625. The van der Waals surface area contributed by atoms with Crippen molar-refractivity contribution in [2.45, 2.75) is 38.8 Å². The van der Waals surface area contributed by atoms with Gasteiger partial charge in [0, 0.05) is 0 Å². The number of rotatable bonds is 7. The fourth-order valence-electron chi connectivity index (χ4n) is 2.37. The summed E-state index contributed by atoms with van der Waals surface area (Å²) >= 11 is 0. The molecule has 1 aromatic rings. The van der Waals surface area contributed by atoms with Gasteiger partial charge in [0.15, 0.2) is 11.5 Å². The van der Waals surface area contributed by atoms with Gasteiger partial charge in [0.2, 0.25) is 0 Å². The van der Waals surface area contributed by atoms with E-state index in [1.165, 1.54) is 5.56 Å². The summed E-state index contributed by atoms with van der Waals surface area (Å²) in [5.74, 6) is 1.66. The summed E-state index contributed by atoms with van der Waals surface area (Å²) in [5.41, 5.74) is 1.17. The second-order valence-electron chi connectivity index (χ2n) is 5.18. The van der Waals surface area contributed by atoms with Gasteiger partial charge in [0.25, 0.3) is 0 Å². The van der Waals surface area contributed by atoms with Crippen molar-refractivity contribution in [1.82, 2.24) is 5.32 Å². The van der Waals surface area contributed by atoms with Crippen LogP contribution in [0, 0.1) is 0 Å². The summed E-state index contributed by atoms with van der Waals surface area (Å²) in [6.45, 7) is 6.21. The first-order chi connectivity index (χ1) is 9.74. The molecule has 0 amide bonds. The van der Waals surface area contributed by atoms with E-state index in [0.29, 0.717) is 25.9 Å². The first-order valence-electron chi connectivity index (χ1n) is 7.43. The Balaban J connectivity index is 2.00. The van der Waals surface area contributed by atoms with Crippen LogP contribution in [-0.4, -0.2) is 33.0 Å². The van der Waals surface area contributed by atoms with Crippen LogP contribution in [0.2, 0.25) is 0 Å². The molecule has 0 aliphatic carbocycles. The summed E-state index contributed by atoms with van der Waals surface area (Å²) in [6, 6.07) is 6.26. The molecule has 1 N–H and O–H groups in total. The number of fused-ring (bicyclic) bond motifs is 1. The van der Waals surface area contributed by atoms with Gasteiger partial charge in [0.1, 0.15) is 13.2 Å². The predicted molar refractivity (Wildman–Crippen MR) is 79.6 cm³/mol. The van der Waals surface area contributed by atoms with Crippen molar-refractivity contribution in [2.75, 3.05) is 26.9 Å². The Kier molecular flexibility index (Phi) is 5.68. The first kappa shape index (κ1) is 15.1.